The fourth-order valence-electron chi connectivity index (χ4n) is 3.25. The maximum atomic E-state index is 12.9. The number of ether oxygens (including phenoxy) is 3. The molecule has 0 spiro atoms. The van der Waals surface area contributed by atoms with Crippen molar-refractivity contribution in [2.75, 3.05) is 16.8 Å². The van der Waals surface area contributed by atoms with Crippen molar-refractivity contribution in [2.24, 2.45) is 0 Å². The van der Waals surface area contributed by atoms with Crippen LogP contribution < -0.4 is 19.5 Å². The van der Waals surface area contributed by atoms with Gasteiger partial charge in [-0.2, -0.15) is 0 Å². The van der Waals surface area contributed by atoms with Crippen molar-refractivity contribution in [3.8, 4) is 11.5 Å². The fourth-order valence-corrected chi connectivity index (χ4v) is 4.53. The highest BCUT2D eigenvalue weighted by atomic mass is 35.5. The lowest BCUT2D eigenvalue weighted by molar-refractivity contribution is -0.384. The molecule has 192 valence electrons. The van der Waals surface area contributed by atoms with Gasteiger partial charge in [0.15, 0.2) is 17.6 Å². The van der Waals surface area contributed by atoms with Crippen LogP contribution in [0, 0.1) is 10.1 Å². The predicted octanol–water partition coefficient (Wildman–Crippen LogP) is 3.96. The topological polar surface area (TPSA) is 163 Å². The van der Waals surface area contributed by atoms with Crippen molar-refractivity contribution >= 4 is 50.6 Å². The second-order valence-corrected chi connectivity index (χ2v) is 9.72. The van der Waals surface area contributed by atoms with E-state index in [1.54, 1.807) is 18.2 Å². The number of benzene rings is 3. The lowest BCUT2D eigenvalue weighted by Gasteiger charge is -2.16. The first kappa shape index (κ1) is 25.7. The number of anilines is 2. The maximum absolute atomic E-state index is 12.9. The first-order valence-electron chi connectivity index (χ1n) is 10.5. The highest BCUT2D eigenvalue weighted by Crippen LogP contribution is 2.34. The normalized spacial score (nSPS) is 12.9. The zero-order valence-electron chi connectivity index (χ0n) is 19.0. The molecule has 14 heteroatoms. The lowest BCUT2D eigenvalue weighted by atomic mass is 10.2. The average molecular weight is 548 g/mol. The fraction of sp³-hybridized carbons (Fsp3) is 0.130. The predicted molar refractivity (Wildman–Crippen MR) is 131 cm³/mol. The molecular weight excluding hydrogens is 530 g/mol. The number of fused-ring (bicyclic) bond motifs is 1. The number of nitrogens with one attached hydrogen (secondary N) is 2. The maximum Gasteiger partial charge on any atom is 0.341 e. The Bertz CT molecular complexity index is 1510. The smallest absolute Gasteiger partial charge is 0.341 e. The third kappa shape index (κ3) is 5.73. The molecule has 0 unspecified atom stereocenters. The van der Waals surface area contributed by atoms with Gasteiger partial charge in [-0.05, 0) is 43.3 Å². The van der Waals surface area contributed by atoms with Crippen LogP contribution in [0.2, 0.25) is 5.02 Å². The number of sulfonamides is 1. The van der Waals surface area contributed by atoms with E-state index < -0.39 is 43.5 Å². The van der Waals surface area contributed by atoms with Gasteiger partial charge in [-0.3, -0.25) is 19.6 Å². The van der Waals surface area contributed by atoms with Crippen LogP contribution in [0.1, 0.15) is 17.3 Å². The van der Waals surface area contributed by atoms with E-state index >= 15 is 0 Å². The lowest BCUT2D eigenvalue weighted by Crippen LogP contribution is -2.30. The number of hydrogen-bond donors (Lipinski definition) is 2. The molecule has 0 fully saturated rings. The van der Waals surface area contributed by atoms with E-state index in [1.807, 2.05) is 0 Å². The molecule has 3 aromatic rings. The minimum Gasteiger partial charge on any atom is -0.454 e. The van der Waals surface area contributed by atoms with E-state index in [1.165, 1.54) is 31.2 Å². The molecular formula is C23H18ClN3O9S. The van der Waals surface area contributed by atoms with Gasteiger partial charge < -0.3 is 19.5 Å². The first-order valence-corrected chi connectivity index (χ1v) is 12.4. The second-order valence-electron chi connectivity index (χ2n) is 7.63. The summed E-state index contributed by atoms with van der Waals surface area (Å²) >= 11 is 5.76. The van der Waals surface area contributed by atoms with Gasteiger partial charge in [-0.15, -0.1) is 0 Å². The molecule has 4 rings (SSSR count). The summed E-state index contributed by atoms with van der Waals surface area (Å²) in [6.45, 7) is 1.42. The van der Waals surface area contributed by atoms with Gasteiger partial charge in [0.05, 0.1) is 21.1 Å². The van der Waals surface area contributed by atoms with Crippen molar-refractivity contribution < 1.29 is 37.1 Å². The van der Waals surface area contributed by atoms with Crippen LogP contribution >= 0.6 is 11.6 Å². The van der Waals surface area contributed by atoms with Crippen LogP contribution in [0.5, 0.6) is 11.5 Å². The summed E-state index contributed by atoms with van der Waals surface area (Å²) in [5.41, 5.74) is -0.548. The zero-order valence-corrected chi connectivity index (χ0v) is 20.5. The molecule has 3 aromatic carbocycles. The van der Waals surface area contributed by atoms with Crippen molar-refractivity contribution in [1.82, 2.24) is 0 Å². The van der Waals surface area contributed by atoms with Gasteiger partial charge in [0.1, 0.15) is 5.02 Å². The van der Waals surface area contributed by atoms with Crippen molar-refractivity contribution in [3.63, 3.8) is 0 Å². The second kappa shape index (κ2) is 10.3. The number of para-hydroxylation sites is 1. The van der Waals surface area contributed by atoms with Gasteiger partial charge in [-0.1, -0.05) is 23.7 Å². The van der Waals surface area contributed by atoms with E-state index in [-0.39, 0.29) is 23.1 Å². The first-order chi connectivity index (χ1) is 17.5. The number of carbonyl (C=O) groups excluding carboxylic acids is 2. The Balaban J connectivity index is 1.48. The summed E-state index contributed by atoms with van der Waals surface area (Å²) in [6.07, 6.45) is -1.25. The number of nitro benzene ring substituents is 1. The number of nitrogens with zero attached hydrogens (tertiary/aromatic N) is 1. The van der Waals surface area contributed by atoms with Crippen molar-refractivity contribution in [1.29, 1.82) is 0 Å². The zero-order chi connectivity index (χ0) is 26.7. The summed E-state index contributed by atoms with van der Waals surface area (Å²) in [6, 6.07) is 13.3. The minimum atomic E-state index is -4.35. The van der Waals surface area contributed by atoms with E-state index in [0.717, 1.165) is 18.2 Å². The quantitative estimate of drug-likeness (QED) is 0.241. The highest BCUT2D eigenvalue weighted by molar-refractivity contribution is 7.92. The summed E-state index contributed by atoms with van der Waals surface area (Å²) in [4.78, 5) is 35.2. The van der Waals surface area contributed by atoms with Crippen LogP contribution in [0.4, 0.5) is 17.1 Å². The van der Waals surface area contributed by atoms with Crippen LogP contribution in [0.25, 0.3) is 0 Å². The molecule has 12 nitrogen and oxygen atoms in total. The third-order valence-corrected chi connectivity index (χ3v) is 6.79. The summed E-state index contributed by atoms with van der Waals surface area (Å²) in [5, 5.41) is 13.5. The van der Waals surface area contributed by atoms with E-state index in [2.05, 4.69) is 10.0 Å². The molecule has 0 saturated carbocycles. The van der Waals surface area contributed by atoms with Gasteiger partial charge in [0, 0.05) is 17.8 Å². The number of halogens is 1. The summed E-state index contributed by atoms with van der Waals surface area (Å²) in [5.74, 6) is -0.633. The van der Waals surface area contributed by atoms with E-state index in [4.69, 9.17) is 25.8 Å². The average Bonchev–Trinajstić information content (AvgIpc) is 3.32. The number of carbonyl (C=O) groups is 2. The molecule has 1 aliphatic rings. The molecule has 2 N–H and O–H groups in total. The third-order valence-electron chi connectivity index (χ3n) is 5.11. The molecule has 0 radical (unpaired) electrons. The number of nitro groups is 1. The molecule has 1 aliphatic heterocycles. The number of hydrogen-bond acceptors (Lipinski definition) is 9. The number of rotatable bonds is 8. The van der Waals surface area contributed by atoms with Gasteiger partial charge in [-0.25, -0.2) is 13.2 Å². The molecule has 0 saturated heterocycles. The molecule has 1 atom stereocenters. The van der Waals surface area contributed by atoms with Crippen LogP contribution in [-0.4, -0.2) is 38.1 Å². The van der Waals surface area contributed by atoms with Gasteiger partial charge in [0.2, 0.25) is 6.79 Å². The Labute approximate surface area is 215 Å². The monoisotopic (exact) mass is 547 g/mol. The van der Waals surface area contributed by atoms with E-state index in [9.17, 15) is 28.1 Å². The SMILES string of the molecule is C[C@H](OC(=O)c1ccccc1NS(=O)(=O)c1ccc(Cl)c([N+](=O)[O-])c1)C(=O)Nc1ccc2c(c1)OCO2. The molecule has 1 amide bonds. The van der Waals surface area contributed by atoms with Crippen molar-refractivity contribution in [2.45, 2.75) is 17.9 Å². The van der Waals surface area contributed by atoms with Crippen LogP contribution in [-0.2, 0) is 19.6 Å². The van der Waals surface area contributed by atoms with E-state index in [0.29, 0.717) is 17.2 Å². The summed E-state index contributed by atoms with van der Waals surface area (Å²) < 4.78 is 43.7. The summed E-state index contributed by atoms with van der Waals surface area (Å²) in [7, 11) is -4.35. The Hall–Kier alpha value is -4.36. The molecule has 0 aromatic heterocycles. The Morgan fingerprint density at radius 1 is 1.08 bits per heavy atom. The molecule has 37 heavy (non-hydrogen) atoms. The highest BCUT2D eigenvalue weighted by Gasteiger charge is 2.25. The molecule has 0 aliphatic carbocycles. The van der Waals surface area contributed by atoms with Gasteiger partial charge >= 0.3 is 5.97 Å². The Morgan fingerprint density at radius 3 is 2.57 bits per heavy atom. The van der Waals surface area contributed by atoms with Crippen molar-refractivity contribution in [3.05, 3.63) is 81.4 Å². The van der Waals surface area contributed by atoms with Gasteiger partial charge in [0.25, 0.3) is 21.6 Å². The minimum absolute atomic E-state index is 0.0683. The Kier molecular flexibility index (Phi) is 7.18. The standard InChI is InChI=1S/C23H18ClN3O9S/c1-13(22(28)25-14-6-9-20-21(10-14)35-12-34-20)36-23(29)16-4-2-3-5-18(16)26-37(32,33)15-7-8-17(24)19(11-15)27(30)31/h2-11,13,26H,12H2,1H3,(H,25,28)/t13-/m0/s1. The largest absolute Gasteiger partial charge is 0.454 e. The Morgan fingerprint density at radius 2 is 1.81 bits per heavy atom. The van der Waals surface area contributed by atoms with Crippen LogP contribution in [0.3, 0.4) is 0 Å². The number of esters is 1. The van der Waals surface area contributed by atoms with Crippen LogP contribution in [0.15, 0.2) is 65.6 Å². The number of amides is 1. The molecule has 1 heterocycles. The molecule has 0 bridgehead atoms.